The number of rotatable bonds is 10. The molecule has 2 saturated carbocycles. The third-order valence-corrected chi connectivity index (χ3v) is 9.46. The summed E-state index contributed by atoms with van der Waals surface area (Å²) in [5, 5.41) is 15.5. The molecule has 2 aliphatic rings. The zero-order valence-corrected chi connectivity index (χ0v) is 29.4. The average Bonchev–Trinajstić information content (AvgIpc) is 4.02. The second-order valence-electron chi connectivity index (χ2n) is 12.9. The topological polar surface area (TPSA) is 208 Å². The summed E-state index contributed by atoms with van der Waals surface area (Å²) in [6.07, 6.45) is 17.9. The summed E-state index contributed by atoms with van der Waals surface area (Å²) in [7, 11) is 3.24. The van der Waals surface area contributed by atoms with Crippen LogP contribution in [0.4, 0.5) is 35.2 Å². The Morgan fingerprint density at radius 2 is 1.21 bits per heavy atom. The average molecular weight is 709 g/mol. The van der Waals surface area contributed by atoms with Crippen LogP contribution in [-0.4, -0.2) is 53.7 Å². The van der Waals surface area contributed by atoms with Crippen molar-refractivity contribution in [1.29, 1.82) is 0 Å². The van der Waals surface area contributed by atoms with Crippen molar-refractivity contribution in [3.63, 3.8) is 0 Å². The Hall–Kier alpha value is -6.06. The molecule has 16 nitrogen and oxygen atoms in total. The van der Waals surface area contributed by atoms with Crippen molar-refractivity contribution < 1.29 is 18.3 Å². The Morgan fingerprint density at radius 3 is 1.73 bits per heavy atom. The highest BCUT2D eigenvalue weighted by atomic mass is 16.5. The molecule has 8 rings (SSSR count). The monoisotopic (exact) mass is 708 g/mol. The molecule has 0 spiro atoms. The van der Waals surface area contributed by atoms with Gasteiger partial charge in [-0.1, -0.05) is 38.5 Å². The molecule has 272 valence electrons. The molecular formula is C36H44N12O4. The second kappa shape index (κ2) is 15.9. The maximum atomic E-state index is 6.08. The fourth-order valence-electron chi connectivity index (χ4n) is 6.89. The molecule has 52 heavy (non-hydrogen) atoms. The van der Waals surface area contributed by atoms with Gasteiger partial charge in [0.05, 0.1) is 49.8 Å². The number of nitrogens with one attached hydrogen (secondary N) is 2. The van der Waals surface area contributed by atoms with E-state index in [9.17, 15) is 0 Å². The largest absolute Gasteiger partial charge is 0.496 e. The Bertz CT molecular complexity index is 2030. The van der Waals surface area contributed by atoms with E-state index in [1.165, 1.54) is 51.3 Å². The van der Waals surface area contributed by atoms with Crippen LogP contribution in [0.1, 0.15) is 76.3 Å². The summed E-state index contributed by atoms with van der Waals surface area (Å²) in [5.74, 6) is 4.54. The number of hydrogen-bond donors (Lipinski definition) is 4. The number of nitrogens with zero attached hydrogens (tertiary/aromatic N) is 8. The van der Waals surface area contributed by atoms with Gasteiger partial charge in [-0.25, -0.2) is 19.3 Å². The number of nitrogens with two attached hydrogens (primary N) is 2. The van der Waals surface area contributed by atoms with Gasteiger partial charge in [0.25, 0.3) is 0 Å². The van der Waals surface area contributed by atoms with Gasteiger partial charge in [-0.15, -0.1) is 10.2 Å². The first-order valence-electron chi connectivity index (χ1n) is 17.6. The van der Waals surface area contributed by atoms with Gasteiger partial charge in [-0.05, 0) is 49.9 Å². The van der Waals surface area contributed by atoms with Crippen molar-refractivity contribution in [2.24, 2.45) is 0 Å². The number of oxazole rings is 2. The SMILES string of the molecule is COc1cc(Nc2nc(N)n(C3CCCCC3)n2)ccc1-c1cnco1.COc1cc(Nc2nc(N)nn2C2CCCCC2)ccc1-c1cnco1. The van der Waals surface area contributed by atoms with Crippen LogP contribution >= 0.6 is 0 Å². The molecule has 0 aliphatic heterocycles. The van der Waals surface area contributed by atoms with Gasteiger partial charge >= 0.3 is 0 Å². The van der Waals surface area contributed by atoms with E-state index in [0.717, 1.165) is 48.2 Å². The predicted molar refractivity (Wildman–Crippen MR) is 197 cm³/mol. The molecular weight excluding hydrogens is 664 g/mol. The molecule has 2 aliphatic carbocycles. The first-order valence-corrected chi connectivity index (χ1v) is 17.6. The Kier molecular flexibility index (Phi) is 10.5. The van der Waals surface area contributed by atoms with E-state index < -0.39 is 0 Å². The van der Waals surface area contributed by atoms with Crippen LogP contribution in [0.3, 0.4) is 0 Å². The van der Waals surface area contributed by atoms with Crippen LogP contribution in [-0.2, 0) is 0 Å². The van der Waals surface area contributed by atoms with E-state index in [0.29, 0.717) is 52.9 Å². The number of aromatic nitrogens is 8. The van der Waals surface area contributed by atoms with Gasteiger partial charge in [0.2, 0.25) is 23.8 Å². The van der Waals surface area contributed by atoms with Crippen LogP contribution < -0.4 is 31.6 Å². The Morgan fingerprint density at radius 1 is 0.673 bits per heavy atom. The van der Waals surface area contributed by atoms with Crippen molar-refractivity contribution in [1.82, 2.24) is 39.5 Å². The van der Waals surface area contributed by atoms with Gasteiger partial charge in [0, 0.05) is 23.5 Å². The molecule has 2 aromatic carbocycles. The van der Waals surface area contributed by atoms with Gasteiger partial charge in [0.1, 0.15) is 11.5 Å². The maximum absolute atomic E-state index is 6.08. The molecule has 0 atom stereocenters. The molecule has 0 radical (unpaired) electrons. The molecule has 4 heterocycles. The lowest BCUT2D eigenvalue weighted by atomic mass is 9.96. The molecule has 4 aromatic heterocycles. The third kappa shape index (κ3) is 7.80. The first-order chi connectivity index (χ1) is 25.5. The molecule has 6 aromatic rings. The minimum Gasteiger partial charge on any atom is -0.496 e. The van der Waals surface area contributed by atoms with Gasteiger partial charge < -0.3 is 40.4 Å². The molecule has 0 bridgehead atoms. The second-order valence-corrected chi connectivity index (χ2v) is 12.9. The van der Waals surface area contributed by atoms with E-state index in [4.69, 9.17) is 29.8 Å². The minimum atomic E-state index is 0.281. The fourth-order valence-corrected chi connectivity index (χ4v) is 6.89. The molecule has 16 heteroatoms. The summed E-state index contributed by atoms with van der Waals surface area (Å²) in [6, 6.07) is 12.1. The van der Waals surface area contributed by atoms with E-state index in [1.807, 2.05) is 45.8 Å². The van der Waals surface area contributed by atoms with Crippen molar-refractivity contribution in [2.75, 3.05) is 36.3 Å². The van der Waals surface area contributed by atoms with Gasteiger partial charge in [-0.3, -0.25) is 0 Å². The van der Waals surface area contributed by atoms with Crippen molar-refractivity contribution >= 4 is 35.2 Å². The number of methoxy groups -OCH3 is 2. The summed E-state index contributed by atoms with van der Waals surface area (Å²) in [4.78, 5) is 16.6. The van der Waals surface area contributed by atoms with Crippen molar-refractivity contribution in [3.05, 3.63) is 61.6 Å². The van der Waals surface area contributed by atoms with E-state index >= 15 is 0 Å². The fraction of sp³-hybridized carbons (Fsp3) is 0.389. The molecule has 0 amide bonds. The lowest BCUT2D eigenvalue weighted by molar-refractivity contribution is 0.333. The molecule has 2 fully saturated rings. The highest BCUT2D eigenvalue weighted by molar-refractivity contribution is 5.72. The summed E-state index contributed by atoms with van der Waals surface area (Å²) in [5.41, 5.74) is 15.3. The first kappa shape index (κ1) is 34.4. The summed E-state index contributed by atoms with van der Waals surface area (Å²) < 4.78 is 25.5. The Balaban J connectivity index is 0.000000162. The number of ether oxygens (including phenoxy) is 2. The number of benzene rings is 2. The summed E-state index contributed by atoms with van der Waals surface area (Å²) in [6.45, 7) is 0. The van der Waals surface area contributed by atoms with Crippen LogP contribution in [0.25, 0.3) is 22.6 Å². The van der Waals surface area contributed by atoms with Crippen LogP contribution in [0.15, 0.2) is 70.4 Å². The highest BCUT2D eigenvalue weighted by Crippen LogP contribution is 2.36. The van der Waals surface area contributed by atoms with Crippen molar-refractivity contribution in [2.45, 2.75) is 76.3 Å². The van der Waals surface area contributed by atoms with E-state index in [-0.39, 0.29) is 5.95 Å². The van der Waals surface area contributed by atoms with E-state index in [2.05, 4.69) is 40.8 Å². The van der Waals surface area contributed by atoms with Crippen molar-refractivity contribution in [3.8, 4) is 34.1 Å². The van der Waals surface area contributed by atoms with Crippen LogP contribution in [0.2, 0.25) is 0 Å². The molecule has 0 saturated heterocycles. The molecule has 6 N–H and O–H groups in total. The number of hydrogen-bond acceptors (Lipinski definition) is 14. The normalized spacial score (nSPS) is 15.1. The highest BCUT2D eigenvalue weighted by Gasteiger charge is 2.22. The zero-order valence-electron chi connectivity index (χ0n) is 29.4. The predicted octanol–water partition coefficient (Wildman–Crippen LogP) is 7.55. The Labute approximate surface area is 301 Å². The standard InChI is InChI=1S/2C18H22N6O2/c1-25-15-9-12(7-8-14(15)16-10-20-11-26-16)21-18-22-17(19)24(23-18)13-5-3-2-4-6-13;1-25-15-9-12(7-8-14(15)16-10-20-11-26-16)21-18-22-17(19)23-24(18)13-5-3-2-4-6-13/h2*7-11,13H,2-6H2,1H3,(H3,19,21,22,23). The zero-order chi connectivity index (χ0) is 35.9. The molecule has 0 unspecified atom stereocenters. The van der Waals surface area contributed by atoms with E-state index in [1.54, 1.807) is 26.6 Å². The maximum Gasteiger partial charge on any atom is 0.248 e. The minimum absolute atomic E-state index is 0.281. The summed E-state index contributed by atoms with van der Waals surface area (Å²) >= 11 is 0. The third-order valence-electron chi connectivity index (χ3n) is 9.46. The quantitative estimate of drug-likeness (QED) is 0.108. The lowest BCUT2D eigenvalue weighted by Crippen LogP contribution is -2.16. The van der Waals surface area contributed by atoms with Gasteiger partial charge in [0.15, 0.2) is 24.3 Å². The number of anilines is 6. The van der Waals surface area contributed by atoms with Gasteiger partial charge in [-0.2, -0.15) is 9.97 Å². The van der Waals surface area contributed by atoms with Crippen LogP contribution in [0.5, 0.6) is 11.5 Å². The van der Waals surface area contributed by atoms with Crippen LogP contribution in [0, 0.1) is 0 Å². The number of nitrogen functional groups attached to an aromatic ring is 2. The smallest absolute Gasteiger partial charge is 0.248 e. The lowest BCUT2D eigenvalue weighted by Gasteiger charge is -2.23.